The Balaban J connectivity index is 1.47. The number of halogens is 2. The second kappa shape index (κ2) is 9.47. The number of pyridine rings is 1. The number of anilines is 1. The van der Waals surface area contributed by atoms with E-state index in [4.69, 9.17) is 11.6 Å². The number of nitrogens with one attached hydrogen (secondary N) is 1. The zero-order valence-corrected chi connectivity index (χ0v) is 18.2. The van der Waals surface area contributed by atoms with Crippen LogP contribution in [-0.4, -0.2) is 33.8 Å². The molecule has 0 unspecified atom stereocenters. The fourth-order valence-electron chi connectivity index (χ4n) is 3.82. The summed E-state index contributed by atoms with van der Waals surface area (Å²) in [5.41, 5.74) is 2.38. The molecule has 1 aromatic carbocycles. The minimum absolute atomic E-state index is 0.196. The number of nitrogens with zero attached hydrogens (tertiary/aromatic N) is 4. The molecule has 1 aliphatic rings. The van der Waals surface area contributed by atoms with Gasteiger partial charge >= 0.3 is 0 Å². The van der Waals surface area contributed by atoms with E-state index in [9.17, 15) is 9.18 Å². The van der Waals surface area contributed by atoms with Crippen molar-refractivity contribution in [3.05, 3.63) is 70.4 Å². The first-order chi connectivity index (χ1) is 15.0. The minimum Gasteiger partial charge on any atom is -0.357 e. The SMILES string of the molecule is Cc1nn(-c2ccc(F)cc2)c(Cl)c1C(=O)NCc1ccnc(N2CCCCCC2)c1. The van der Waals surface area contributed by atoms with Crippen molar-refractivity contribution in [2.75, 3.05) is 18.0 Å². The van der Waals surface area contributed by atoms with Crippen LogP contribution < -0.4 is 10.2 Å². The number of carbonyl (C=O) groups excluding carboxylic acids is 1. The highest BCUT2D eigenvalue weighted by Crippen LogP contribution is 2.24. The summed E-state index contributed by atoms with van der Waals surface area (Å²) in [6.45, 7) is 4.12. The summed E-state index contributed by atoms with van der Waals surface area (Å²) >= 11 is 6.45. The molecule has 4 rings (SSSR count). The zero-order chi connectivity index (χ0) is 21.8. The minimum atomic E-state index is -0.349. The molecule has 0 atom stereocenters. The summed E-state index contributed by atoms with van der Waals surface area (Å²) in [6.07, 6.45) is 6.67. The summed E-state index contributed by atoms with van der Waals surface area (Å²) < 4.78 is 14.6. The van der Waals surface area contributed by atoms with E-state index in [-0.39, 0.29) is 16.9 Å². The molecule has 2 aromatic heterocycles. The number of hydrogen-bond acceptors (Lipinski definition) is 4. The highest BCUT2D eigenvalue weighted by atomic mass is 35.5. The summed E-state index contributed by atoms with van der Waals surface area (Å²) in [7, 11) is 0. The number of benzene rings is 1. The molecule has 0 saturated carbocycles. The Bertz CT molecular complexity index is 1060. The molecular weight excluding hydrogens is 417 g/mol. The Kier molecular flexibility index (Phi) is 6.51. The van der Waals surface area contributed by atoms with Gasteiger partial charge in [-0.05, 0) is 61.7 Å². The smallest absolute Gasteiger partial charge is 0.256 e. The van der Waals surface area contributed by atoms with Crippen LogP contribution in [0.15, 0.2) is 42.6 Å². The van der Waals surface area contributed by atoms with Crippen molar-refractivity contribution in [3.8, 4) is 5.69 Å². The lowest BCUT2D eigenvalue weighted by Gasteiger charge is -2.21. The summed E-state index contributed by atoms with van der Waals surface area (Å²) in [5.74, 6) is 0.301. The molecule has 1 fully saturated rings. The van der Waals surface area contributed by atoms with Crippen molar-refractivity contribution in [2.24, 2.45) is 0 Å². The Hall–Kier alpha value is -2.93. The Morgan fingerprint density at radius 3 is 2.55 bits per heavy atom. The average molecular weight is 442 g/mol. The molecule has 3 aromatic rings. The van der Waals surface area contributed by atoms with E-state index in [0.717, 1.165) is 24.5 Å². The highest BCUT2D eigenvalue weighted by Gasteiger charge is 2.21. The van der Waals surface area contributed by atoms with Crippen LogP contribution in [0.2, 0.25) is 5.15 Å². The van der Waals surface area contributed by atoms with Gasteiger partial charge in [0.05, 0.1) is 16.9 Å². The average Bonchev–Trinajstić information content (AvgIpc) is 2.95. The largest absolute Gasteiger partial charge is 0.357 e. The number of carbonyl (C=O) groups is 1. The van der Waals surface area contributed by atoms with Gasteiger partial charge in [0.1, 0.15) is 16.8 Å². The molecule has 0 radical (unpaired) electrons. The first kappa shape index (κ1) is 21.3. The topological polar surface area (TPSA) is 63.1 Å². The van der Waals surface area contributed by atoms with E-state index in [2.05, 4.69) is 20.3 Å². The zero-order valence-electron chi connectivity index (χ0n) is 17.4. The van der Waals surface area contributed by atoms with Gasteiger partial charge in [-0.1, -0.05) is 24.4 Å². The molecule has 8 heteroatoms. The van der Waals surface area contributed by atoms with Crippen molar-refractivity contribution >= 4 is 23.3 Å². The van der Waals surface area contributed by atoms with Crippen molar-refractivity contribution in [1.29, 1.82) is 0 Å². The molecule has 0 aliphatic carbocycles. The Morgan fingerprint density at radius 1 is 1.13 bits per heavy atom. The van der Waals surface area contributed by atoms with Gasteiger partial charge in [0.15, 0.2) is 0 Å². The standard InChI is InChI=1S/C23H25ClFN5O/c1-16-21(22(24)30(28-16)19-8-6-18(25)7-9-19)23(31)27-15-17-10-11-26-20(14-17)29-12-4-2-3-5-13-29/h6-11,14H,2-5,12-13,15H2,1H3,(H,27,31). The second-order valence-corrected chi connectivity index (χ2v) is 8.10. The van der Waals surface area contributed by atoms with Crippen LogP contribution in [-0.2, 0) is 6.54 Å². The van der Waals surface area contributed by atoms with Crippen LogP contribution in [0.1, 0.15) is 47.3 Å². The van der Waals surface area contributed by atoms with Crippen molar-refractivity contribution in [3.63, 3.8) is 0 Å². The molecule has 1 aliphatic heterocycles. The quantitative estimate of drug-likeness (QED) is 0.624. The van der Waals surface area contributed by atoms with Crippen LogP contribution >= 0.6 is 11.6 Å². The summed E-state index contributed by atoms with van der Waals surface area (Å²) in [6, 6.07) is 9.72. The maximum atomic E-state index is 13.2. The van der Waals surface area contributed by atoms with Crippen molar-refractivity contribution < 1.29 is 9.18 Å². The lowest BCUT2D eigenvalue weighted by Crippen LogP contribution is -2.26. The van der Waals surface area contributed by atoms with E-state index in [1.807, 2.05) is 12.1 Å². The molecule has 6 nitrogen and oxygen atoms in total. The van der Waals surface area contributed by atoms with E-state index in [0.29, 0.717) is 23.5 Å². The Morgan fingerprint density at radius 2 is 1.84 bits per heavy atom. The third-order valence-corrected chi connectivity index (χ3v) is 5.84. The number of aromatic nitrogens is 3. The van der Waals surface area contributed by atoms with E-state index < -0.39 is 0 Å². The highest BCUT2D eigenvalue weighted by molar-refractivity contribution is 6.33. The molecule has 1 saturated heterocycles. The predicted molar refractivity (Wildman–Crippen MR) is 119 cm³/mol. The molecular formula is C23H25ClFN5O. The van der Waals surface area contributed by atoms with Crippen LogP contribution in [0.5, 0.6) is 0 Å². The maximum Gasteiger partial charge on any atom is 0.256 e. The molecule has 0 bridgehead atoms. The molecule has 31 heavy (non-hydrogen) atoms. The lowest BCUT2D eigenvalue weighted by molar-refractivity contribution is 0.0950. The molecule has 0 spiro atoms. The molecule has 3 heterocycles. The number of aryl methyl sites for hydroxylation is 1. The second-order valence-electron chi connectivity index (χ2n) is 7.75. The predicted octanol–water partition coefficient (Wildman–Crippen LogP) is 4.68. The first-order valence-corrected chi connectivity index (χ1v) is 10.9. The number of amides is 1. The van der Waals surface area contributed by atoms with Gasteiger partial charge in [0, 0.05) is 25.8 Å². The summed E-state index contributed by atoms with van der Waals surface area (Å²) in [5, 5.41) is 7.48. The maximum absolute atomic E-state index is 13.2. The van der Waals surface area contributed by atoms with Crippen molar-refractivity contribution in [1.82, 2.24) is 20.1 Å². The Labute approximate surface area is 186 Å². The van der Waals surface area contributed by atoms with Crippen molar-refractivity contribution in [2.45, 2.75) is 39.2 Å². The van der Waals surface area contributed by atoms with E-state index >= 15 is 0 Å². The third kappa shape index (κ3) is 4.88. The van der Waals surface area contributed by atoms with E-state index in [1.54, 1.807) is 25.3 Å². The van der Waals surface area contributed by atoms with Crippen LogP contribution in [0.4, 0.5) is 10.2 Å². The van der Waals surface area contributed by atoms with Gasteiger partial charge in [-0.25, -0.2) is 14.1 Å². The lowest BCUT2D eigenvalue weighted by atomic mass is 10.2. The first-order valence-electron chi connectivity index (χ1n) is 10.5. The van der Waals surface area contributed by atoms with E-state index in [1.165, 1.54) is 42.5 Å². The fraction of sp³-hybridized carbons (Fsp3) is 0.348. The number of hydrogen-bond donors (Lipinski definition) is 1. The molecule has 1 amide bonds. The number of rotatable bonds is 5. The molecule has 1 N–H and O–H groups in total. The van der Waals surface area contributed by atoms with Gasteiger partial charge < -0.3 is 10.2 Å². The van der Waals surface area contributed by atoms with Gasteiger partial charge in [-0.3, -0.25) is 4.79 Å². The van der Waals surface area contributed by atoms with Gasteiger partial charge in [0.25, 0.3) is 5.91 Å². The van der Waals surface area contributed by atoms with Crippen LogP contribution in [0, 0.1) is 12.7 Å². The summed E-state index contributed by atoms with van der Waals surface area (Å²) in [4.78, 5) is 19.7. The molecule has 162 valence electrons. The van der Waals surface area contributed by atoms with Gasteiger partial charge in [-0.15, -0.1) is 0 Å². The van der Waals surface area contributed by atoms with Gasteiger partial charge in [0.2, 0.25) is 0 Å². The van der Waals surface area contributed by atoms with Crippen LogP contribution in [0.3, 0.4) is 0 Å². The normalized spacial score (nSPS) is 14.4. The fourth-order valence-corrected chi connectivity index (χ4v) is 4.18. The monoisotopic (exact) mass is 441 g/mol. The van der Waals surface area contributed by atoms with Crippen LogP contribution in [0.25, 0.3) is 5.69 Å². The third-order valence-electron chi connectivity index (χ3n) is 5.50. The van der Waals surface area contributed by atoms with Gasteiger partial charge in [-0.2, -0.15) is 5.10 Å².